The highest BCUT2D eigenvalue weighted by molar-refractivity contribution is 7.83. The van der Waals surface area contributed by atoms with E-state index in [0.717, 1.165) is 0 Å². The van der Waals surface area contributed by atoms with Crippen molar-refractivity contribution in [2.45, 2.75) is 53.4 Å². The van der Waals surface area contributed by atoms with E-state index in [0.29, 0.717) is 0 Å². The smallest absolute Gasteiger partial charge is 0.425 e. The molecule has 23 heavy (non-hydrogen) atoms. The van der Waals surface area contributed by atoms with Crippen molar-refractivity contribution in [3.05, 3.63) is 0 Å². The van der Waals surface area contributed by atoms with Crippen molar-refractivity contribution in [3.63, 3.8) is 0 Å². The largest absolute Gasteiger partial charge is 0.724 e. The van der Waals surface area contributed by atoms with Crippen LogP contribution >= 0.6 is 0 Å². The van der Waals surface area contributed by atoms with Gasteiger partial charge in [-0.15, -0.1) is 0 Å². The lowest BCUT2D eigenvalue weighted by Gasteiger charge is -2.38. The number of hydrogen-bond donors (Lipinski definition) is 1. The zero-order valence-corrected chi connectivity index (χ0v) is 15.9. The van der Waals surface area contributed by atoms with Crippen molar-refractivity contribution >= 4 is 20.8 Å². The number of hydrogen-bond acceptors (Lipinski definition) is 7. The summed E-state index contributed by atoms with van der Waals surface area (Å²) in [5.41, 5.74) is 0. The molecule has 0 aromatic heterocycles. The zero-order valence-electron chi connectivity index (χ0n) is 14.2. The molecule has 0 rings (SSSR count). The van der Waals surface area contributed by atoms with Crippen LogP contribution in [0.15, 0.2) is 0 Å². The quantitative estimate of drug-likeness (QED) is 0.188. The summed E-state index contributed by atoms with van der Waals surface area (Å²) >= 11 is 0. The van der Waals surface area contributed by atoms with Gasteiger partial charge in [-0.1, -0.05) is 36.4 Å². The van der Waals surface area contributed by atoms with Crippen LogP contribution in [0.1, 0.15) is 53.4 Å². The Labute approximate surface area is 140 Å². The molecule has 0 saturated carbocycles. The SMILES string of the molecule is CCC[N+](CCC)(CCC)CCC.O=S(=O)([O-])OOS(=O)(=O)O. The van der Waals surface area contributed by atoms with Gasteiger partial charge in [-0.25, -0.2) is 8.42 Å². The Morgan fingerprint density at radius 2 is 1.09 bits per heavy atom. The van der Waals surface area contributed by atoms with Crippen LogP contribution in [0.5, 0.6) is 0 Å². The first-order chi connectivity index (χ1) is 10.4. The van der Waals surface area contributed by atoms with E-state index >= 15 is 0 Å². The normalized spacial score (nSPS) is 12.6. The Morgan fingerprint density at radius 1 is 0.783 bits per heavy atom. The standard InChI is InChI=1S/C12H28N.H2O8S2/c1-5-9-13(10-6-2,11-7-3)12-8-4;1-9(2,3)7-8-10(4,5)6/h5-12H2,1-4H3;(H,1,2,3)(H,4,5,6)/q+1;/p-1. The van der Waals surface area contributed by atoms with Crippen molar-refractivity contribution in [2.24, 2.45) is 0 Å². The number of rotatable bonds is 11. The lowest BCUT2D eigenvalue weighted by atomic mass is 10.2. The summed E-state index contributed by atoms with van der Waals surface area (Å²) in [5, 5.41) is 0. The van der Waals surface area contributed by atoms with Gasteiger partial charge in [0.2, 0.25) is 10.4 Å². The van der Waals surface area contributed by atoms with Crippen molar-refractivity contribution in [1.82, 2.24) is 0 Å². The van der Waals surface area contributed by atoms with Gasteiger partial charge in [0.15, 0.2) is 0 Å². The molecule has 0 spiro atoms. The molecule has 0 atom stereocenters. The van der Waals surface area contributed by atoms with Crippen molar-refractivity contribution in [2.75, 3.05) is 26.2 Å². The second-order valence-corrected chi connectivity index (χ2v) is 7.15. The average Bonchev–Trinajstić information content (AvgIpc) is 2.37. The number of nitrogens with zero attached hydrogens (tertiary/aromatic N) is 1. The summed E-state index contributed by atoms with van der Waals surface area (Å²) in [6.45, 7) is 14.8. The predicted octanol–water partition coefficient (Wildman–Crippen LogP) is 1.64. The molecule has 0 amide bonds. The van der Waals surface area contributed by atoms with Gasteiger partial charge in [0.1, 0.15) is 0 Å². The van der Waals surface area contributed by atoms with E-state index in [2.05, 4.69) is 36.4 Å². The lowest BCUT2D eigenvalue weighted by molar-refractivity contribution is -0.928. The lowest BCUT2D eigenvalue weighted by Crippen LogP contribution is -2.50. The fourth-order valence-electron chi connectivity index (χ4n) is 2.64. The van der Waals surface area contributed by atoms with Gasteiger partial charge in [-0.3, -0.25) is 4.55 Å². The van der Waals surface area contributed by atoms with E-state index in [9.17, 15) is 21.4 Å². The Morgan fingerprint density at radius 3 is 1.22 bits per heavy atom. The second-order valence-electron chi connectivity index (χ2n) is 5.21. The van der Waals surface area contributed by atoms with E-state index in [1.165, 1.54) is 56.3 Å². The first-order valence-corrected chi connectivity index (χ1v) is 10.3. The molecule has 9 nitrogen and oxygen atoms in total. The third kappa shape index (κ3) is 16.3. The van der Waals surface area contributed by atoms with E-state index < -0.39 is 20.8 Å². The van der Waals surface area contributed by atoms with Crippen LogP contribution in [0.25, 0.3) is 0 Å². The summed E-state index contributed by atoms with van der Waals surface area (Å²) in [4.78, 5) is 0. The van der Waals surface area contributed by atoms with Crippen molar-refractivity contribution in [1.29, 1.82) is 0 Å². The zero-order chi connectivity index (χ0) is 18.6. The summed E-state index contributed by atoms with van der Waals surface area (Å²) in [6, 6.07) is 0. The minimum Gasteiger partial charge on any atom is -0.724 e. The van der Waals surface area contributed by atoms with Crippen LogP contribution in [0.2, 0.25) is 0 Å². The first kappa shape index (κ1) is 24.9. The van der Waals surface area contributed by atoms with Crippen LogP contribution < -0.4 is 0 Å². The Bertz CT molecular complexity index is 428. The van der Waals surface area contributed by atoms with E-state index in [4.69, 9.17) is 4.55 Å². The predicted molar refractivity (Wildman–Crippen MR) is 84.3 cm³/mol. The Kier molecular flexibility index (Phi) is 13.1. The van der Waals surface area contributed by atoms with Gasteiger partial charge >= 0.3 is 10.4 Å². The molecule has 0 unspecified atom stereocenters. The molecule has 0 aliphatic carbocycles. The summed E-state index contributed by atoms with van der Waals surface area (Å²) < 4.78 is 61.5. The van der Waals surface area contributed by atoms with Gasteiger partial charge < -0.3 is 9.04 Å². The topological polar surface area (TPSA) is 130 Å². The monoisotopic (exact) mass is 379 g/mol. The summed E-state index contributed by atoms with van der Waals surface area (Å²) in [7, 11) is -10.3. The molecular weight excluding hydrogens is 350 g/mol. The van der Waals surface area contributed by atoms with Crippen LogP contribution in [0.4, 0.5) is 0 Å². The fraction of sp³-hybridized carbons (Fsp3) is 1.00. The van der Waals surface area contributed by atoms with Crippen LogP contribution in [0.3, 0.4) is 0 Å². The second kappa shape index (κ2) is 12.1. The molecule has 11 heteroatoms. The van der Waals surface area contributed by atoms with E-state index in [-0.39, 0.29) is 0 Å². The minimum absolute atomic E-state index is 1.33. The molecule has 0 radical (unpaired) electrons. The van der Waals surface area contributed by atoms with Crippen LogP contribution in [-0.4, -0.2) is 56.6 Å². The van der Waals surface area contributed by atoms with Crippen LogP contribution in [0, 0.1) is 0 Å². The first-order valence-electron chi connectivity index (χ1n) is 7.61. The molecule has 0 heterocycles. The van der Waals surface area contributed by atoms with Crippen molar-refractivity contribution < 1.29 is 39.1 Å². The summed E-state index contributed by atoms with van der Waals surface area (Å²) in [6.07, 6.45) is 5.33. The fourth-order valence-corrected chi connectivity index (χ4v) is 3.19. The maximum Gasteiger partial charge on any atom is 0.425 e. The molecule has 0 bridgehead atoms. The highest BCUT2D eigenvalue weighted by Crippen LogP contribution is 2.12. The molecule has 0 aromatic rings. The average molecular weight is 379 g/mol. The van der Waals surface area contributed by atoms with Gasteiger partial charge in [0.05, 0.1) is 26.2 Å². The number of quaternary nitrogens is 1. The summed E-state index contributed by atoms with van der Waals surface area (Å²) in [5.74, 6) is 0. The highest BCUT2D eigenvalue weighted by atomic mass is 32.3. The Balaban J connectivity index is 0. The van der Waals surface area contributed by atoms with Gasteiger partial charge in [0.25, 0.3) is 0 Å². The van der Waals surface area contributed by atoms with E-state index in [1.54, 1.807) is 0 Å². The third-order valence-electron chi connectivity index (χ3n) is 2.99. The molecule has 0 aliphatic rings. The third-order valence-corrected chi connectivity index (χ3v) is 3.55. The van der Waals surface area contributed by atoms with Gasteiger partial charge in [-0.2, -0.15) is 8.42 Å². The maximum atomic E-state index is 9.48. The maximum absolute atomic E-state index is 9.48. The molecule has 0 saturated heterocycles. The van der Waals surface area contributed by atoms with Crippen LogP contribution in [-0.2, 0) is 29.5 Å². The molecule has 0 aromatic carbocycles. The molecule has 0 aliphatic heterocycles. The molecular formula is C12H29NO8S2. The molecule has 1 N–H and O–H groups in total. The van der Waals surface area contributed by atoms with Gasteiger partial charge in [-0.05, 0) is 25.7 Å². The Hall–Kier alpha value is -0.300. The van der Waals surface area contributed by atoms with Crippen molar-refractivity contribution in [3.8, 4) is 0 Å². The van der Waals surface area contributed by atoms with Gasteiger partial charge in [0, 0.05) is 0 Å². The van der Waals surface area contributed by atoms with E-state index in [1.807, 2.05) is 0 Å². The molecule has 142 valence electrons. The highest BCUT2D eigenvalue weighted by Gasteiger charge is 2.22. The molecule has 0 fully saturated rings. The minimum atomic E-state index is -5.27.